The van der Waals surface area contributed by atoms with Crippen LogP contribution in [-0.4, -0.2) is 93.4 Å². The van der Waals surface area contributed by atoms with Gasteiger partial charge in [-0.15, -0.1) is 0 Å². The van der Waals surface area contributed by atoms with E-state index < -0.39 is 67.7 Å². The van der Waals surface area contributed by atoms with Gasteiger partial charge in [-0.3, -0.25) is 0 Å². The summed E-state index contributed by atoms with van der Waals surface area (Å²) in [4.78, 5) is 45.3. The fraction of sp³-hybridized carbons (Fsp3) is 1.00. The Morgan fingerprint density at radius 2 is 1.42 bits per heavy atom. The minimum Gasteiger partial charge on any atom is -0.439 e. The minimum atomic E-state index is -3.42. The summed E-state index contributed by atoms with van der Waals surface area (Å²) in [6.07, 6.45) is 1.00. The summed E-state index contributed by atoms with van der Waals surface area (Å²) in [5, 5.41) is 0. The second kappa shape index (κ2) is 10.4. The number of rotatable bonds is 13. The molecule has 0 aliphatic carbocycles. The van der Waals surface area contributed by atoms with Crippen LogP contribution in [-0.2, 0) is 12.3 Å². The zero-order chi connectivity index (χ0) is 20.9. The lowest BCUT2D eigenvalue weighted by atomic mass is 10.5. The van der Waals surface area contributed by atoms with Gasteiger partial charge in [-0.25, -0.2) is 0 Å². The molecule has 0 saturated carbocycles. The van der Waals surface area contributed by atoms with Gasteiger partial charge < -0.3 is 36.5 Å². The van der Waals surface area contributed by atoms with Crippen LogP contribution in [0.15, 0.2) is 0 Å². The average molecular weight is 510 g/mol. The molecule has 26 heavy (non-hydrogen) atoms. The van der Waals surface area contributed by atoms with Crippen LogP contribution >= 0.6 is 0 Å². The molecule has 0 radical (unpaired) electrons. The second-order valence-electron chi connectivity index (χ2n) is 8.49. The molecule has 0 saturated heterocycles. The van der Waals surface area contributed by atoms with Crippen LogP contribution < -0.4 is 4.98 Å². The first-order valence-electron chi connectivity index (χ1n) is 9.00. The smallest absolute Gasteiger partial charge is 0.331 e. The summed E-state index contributed by atoms with van der Waals surface area (Å²) in [7, 11) is -16.2. The summed E-state index contributed by atoms with van der Waals surface area (Å²) in [6.45, 7) is 13.6. The first kappa shape index (κ1) is 27.4. The second-order valence-corrected chi connectivity index (χ2v) is 53.4. The summed E-state index contributed by atoms with van der Waals surface area (Å²) in [6, 6.07) is 0. The molecular formula is C10H39NO7Si8. The molecule has 0 aliphatic rings. The summed E-state index contributed by atoms with van der Waals surface area (Å²) < 4.78 is 18.6. The van der Waals surface area contributed by atoms with E-state index in [4.69, 9.17) is 12.3 Å². The Morgan fingerprint density at radius 3 is 1.77 bits per heavy atom. The van der Waals surface area contributed by atoms with Crippen LogP contribution in [0.3, 0.4) is 0 Å². The number of nitrogens with one attached hydrogen (secondary N) is 1. The van der Waals surface area contributed by atoms with Crippen molar-refractivity contribution in [1.82, 2.24) is 4.98 Å². The van der Waals surface area contributed by atoms with Crippen molar-refractivity contribution in [3.63, 3.8) is 0 Å². The van der Waals surface area contributed by atoms with E-state index in [1.807, 2.05) is 32.7 Å². The van der Waals surface area contributed by atoms with E-state index in [-0.39, 0.29) is 0 Å². The first-order valence-corrected chi connectivity index (χ1v) is 31.1. The Morgan fingerprint density at radius 1 is 0.885 bits per heavy atom. The molecule has 16 heteroatoms. The van der Waals surface area contributed by atoms with Gasteiger partial charge in [0, 0.05) is 0 Å². The minimum absolute atomic E-state index is 0.859. The quantitative estimate of drug-likeness (QED) is 0.172. The van der Waals surface area contributed by atoms with Crippen molar-refractivity contribution in [2.75, 3.05) is 6.54 Å². The molecule has 0 rings (SSSR count). The molecule has 0 aromatic heterocycles. The van der Waals surface area contributed by atoms with Crippen LogP contribution in [0.1, 0.15) is 13.3 Å². The van der Waals surface area contributed by atoms with Gasteiger partial charge in [0.2, 0.25) is 16.2 Å². The van der Waals surface area contributed by atoms with Crippen molar-refractivity contribution in [1.29, 1.82) is 0 Å². The summed E-state index contributed by atoms with van der Waals surface area (Å²) >= 11 is 0. The third kappa shape index (κ3) is 7.03. The van der Waals surface area contributed by atoms with Crippen LogP contribution in [0.2, 0.25) is 45.8 Å². The molecule has 8 nitrogen and oxygen atoms in total. The van der Waals surface area contributed by atoms with Gasteiger partial charge in [0.1, 0.15) is 0 Å². The molecule has 0 aliphatic heterocycles. The molecule has 5 N–H and O–H groups in total. The molecule has 2 atom stereocenters. The maximum atomic E-state index is 11.6. The molecular weight excluding hydrogens is 471 g/mol. The highest BCUT2D eigenvalue weighted by molar-refractivity contribution is 7.86. The molecule has 0 spiro atoms. The topological polar surface area (TPSA) is 121 Å². The van der Waals surface area contributed by atoms with Gasteiger partial charge in [0.25, 0.3) is 18.5 Å². The van der Waals surface area contributed by atoms with Crippen LogP contribution in [0.25, 0.3) is 0 Å². The van der Waals surface area contributed by atoms with Crippen molar-refractivity contribution in [2.45, 2.75) is 59.2 Å². The maximum Gasteiger partial charge on any atom is 0.331 e. The average Bonchev–Trinajstić information content (AvgIpc) is 2.49. The van der Waals surface area contributed by atoms with E-state index in [0.29, 0.717) is 0 Å². The predicted octanol–water partition coefficient (Wildman–Crippen LogP) is -2.55. The molecule has 0 aromatic carbocycles. The highest BCUT2D eigenvalue weighted by Crippen LogP contribution is 2.30. The molecule has 0 fully saturated rings. The van der Waals surface area contributed by atoms with Gasteiger partial charge in [-0.05, 0) is 39.2 Å². The van der Waals surface area contributed by atoms with Crippen LogP contribution in [0.5, 0.6) is 0 Å². The zero-order valence-corrected chi connectivity index (χ0v) is 26.8. The van der Waals surface area contributed by atoms with E-state index in [1.165, 1.54) is 0 Å². The summed E-state index contributed by atoms with van der Waals surface area (Å²) in [5.41, 5.74) is 0. The van der Waals surface area contributed by atoms with Gasteiger partial charge in [0.15, 0.2) is 9.28 Å². The largest absolute Gasteiger partial charge is 0.439 e. The van der Waals surface area contributed by atoms with Crippen molar-refractivity contribution >= 4 is 67.7 Å². The normalized spacial score (nSPS) is 19.8. The van der Waals surface area contributed by atoms with Gasteiger partial charge in [0.05, 0.1) is 7.59 Å². The van der Waals surface area contributed by atoms with E-state index in [1.54, 1.807) is 0 Å². The fourth-order valence-electron chi connectivity index (χ4n) is 2.97. The lowest BCUT2D eigenvalue weighted by Gasteiger charge is -2.49. The van der Waals surface area contributed by atoms with Crippen molar-refractivity contribution < 1.29 is 31.5 Å². The third-order valence-electron chi connectivity index (χ3n) is 4.32. The SMILES string of the molecule is CCCN[Si](C)(C)O[Si](C)(C)O[Si](O[SiH2]O)([SiH2]O)[Si](O)([SiH2]O)[Si](C)(C)C. The maximum absolute atomic E-state index is 11.6. The van der Waals surface area contributed by atoms with Gasteiger partial charge in [-0.2, -0.15) is 0 Å². The van der Waals surface area contributed by atoms with E-state index in [0.717, 1.165) is 13.0 Å². The number of hydrogen-bond donors (Lipinski definition) is 5. The Bertz CT molecular complexity index is 440. The Kier molecular flexibility index (Phi) is 11.0. The monoisotopic (exact) mass is 509 g/mol. The number of hydrogen-bond acceptors (Lipinski definition) is 8. The molecule has 0 amide bonds. The van der Waals surface area contributed by atoms with E-state index >= 15 is 0 Å². The molecule has 2 unspecified atom stereocenters. The Labute approximate surface area is 169 Å². The van der Waals surface area contributed by atoms with Gasteiger partial charge in [-0.1, -0.05) is 26.6 Å². The molecule has 0 heterocycles. The van der Waals surface area contributed by atoms with E-state index in [2.05, 4.69) is 25.0 Å². The van der Waals surface area contributed by atoms with Gasteiger partial charge >= 0.3 is 16.2 Å². The first-order chi connectivity index (χ1) is 11.7. The van der Waals surface area contributed by atoms with Crippen LogP contribution in [0.4, 0.5) is 0 Å². The standard InChI is InChI=1S/C10H39NO7Si8/c1-9-10-11-23(5,6)17-24(7,8)18-26(21-14,16-19-12)25(15,20-13)22(2,3)4/h11-15H,9-10,19-21H2,1-8H3. The lowest BCUT2D eigenvalue weighted by Crippen LogP contribution is -2.85. The van der Waals surface area contributed by atoms with Crippen LogP contribution in [0, 0.1) is 0 Å². The molecule has 158 valence electrons. The molecule has 0 aromatic rings. The van der Waals surface area contributed by atoms with Crippen molar-refractivity contribution in [2.24, 2.45) is 0 Å². The third-order valence-corrected chi connectivity index (χ3v) is 80.7. The highest BCUT2D eigenvalue weighted by Gasteiger charge is 2.67. The van der Waals surface area contributed by atoms with Crippen molar-refractivity contribution in [3.8, 4) is 0 Å². The predicted molar refractivity (Wildman–Crippen MR) is 126 cm³/mol. The Hall–Kier alpha value is 1.42. The summed E-state index contributed by atoms with van der Waals surface area (Å²) in [5.74, 6) is 0. The zero-order valence-electron chi connectivity index (χ0n) is 17.5. The highest BCUT2D eigenvalue weighted by atomic mass is 30.0. The fourth-order valence-corrected chi connectivity index (χ4v) is 86.5. The van der Waals surface area contributed by atoms with E-state index in [9.17, 15) is 19.2 Å². The molecule has 0 bridgehead atoms. The van der Waals surface area contributed by atoms with Crippen molar-refractivity contribution in [3.05, 3.63) is 0 Å². The lowest BCUT2D eigenvalue weighted by molar-refractivity contribution is 0.325. The Balaban J connectivity index is 5.82.